The van der Waals surface area contributed by atoms with Gasteiger partial charge in [0.1, 0.15) is 24.4 Å². The first-order valence-corrected chi connectivity index (χ1v) is 5.83. The Bertz CT molecular complexity index is 277. The molecule has 16 heavy (non-hydrogen) atoms. The highest BCUT2D eigenvalue weighted by atomic mass is 31.2. The van der Waals surface area contributed by atoms with Gasteiger partial charge in [-0.3, -0.25) is 4.52 Å². The normalized spacial score (nSPS) is 41.0. The Kier molecular flexibility index (Phi) is 4.41. The summed E-state index contributed by atoms with van der Waals surface area (Å²) in [5, 5.41) is 36.7. The predicted molar refractivity (Wildman–Crippen MR) is 46.9 cm³/mol. The van der Waals surface area contributed by atoms with Crippen LogP contribution in [0.25, 0.3) is 0 Å². The minimum absolute atomic E-state index is 0.730. The molecule has 1 aliphatic rings. The second-order valence-electron chi connectivity index (χ2n) is 3.32. The second-order valence-corrected chi connectivity index (χ2v) is 4.56. The van der Waals surface area contributed by atoms with E-state index in [9.17, 15) is 14.8 Å². The molecule has 0 aromatic heterocycles. The summed E-state index contributed by atoms with van der Waals surface area (Å²) in [7, 11) is -4.73. The maximum Gasteiger partial charge on any atom is 0.469 e. The van der Waals surface area contributed by atoms with Crippen molar-refractivity contribution in [2.24, 2.45) is 0 Å². The quantitative estimate of drug-likeness (QED) is 0.289. The molecule has 1 heterocycles. The highest BCUT2D eigenvalue weighted by Crippen LogP contribution is 2.36. The van der Waals surface area contributed by atoms with E-state index in [-0.39, 0.29) is 0 Å². The lowest BCUT2D eigenvalue weighted by Gasteiger charge is -2.38. The average molecular weight is 260 g/mol. The fourth-order valence-corrected chi connectivity index (χ4v) is 1.58. The van der Waals surface area contributed by atoms with Gasteiger partial charge in [-0.2, -0.15) is 0 Å². The van der Waals surface area contributed by atoms with Crippen molar-refractivity contribution in [3.63, 3.8) is 0 Å². The van der Waals surface area contributed by atoms with Gasteiger partial charge in [-0.05, 0) is 0 Å². The van der Waals surface area contributed by atoms with Crippen LogP contribution in [-0.4, -0.2) is 67.5 Å². The Labute approximate surface area is 90.1 Å². The summed E-state index contributed by atoms with van der Waals surface area (Å²) in [5.41, 5.74) is 0. The molecule has 0 radical (unpaired) electrons. The van der Waals surface area contributed by atoms with E-state index in [0.717, 1.165) is 0 Å². The van der Waals surface area contributed by atoms with Crippen LogP contribution < -0.4 is 0 Å². The first-order chi connectivity index (χ1) is 7.22. The Balaban J connectivity index is 2.57. The largest absolute Gasteiger partial charge is 0.469 e. The molecule has 5 atom stereocenters. The van der Waals surface area contributed by atoms with Gasteiger partial charge >= 0.3 is 7.82 Å². The van der Waals surface area contributed by atoms with Crippen LogP contribution in [0.3, 0.4) is 0 Å². The molecule has 0 aromatic rings. The summed E-state index contributed by atoms with van der Waals surface area (Å²) in [6.45, 7) is -0.730. The van der Waals surface area contributed by atoms with Gasteiger partial charge in [0.15, 0.2) is 6.29 Å². The van der Waals surface area contributed by atoms with Gasteiger partial charge in [0.25, 0.3) is 0 Å². The average Bonchev–Trinajstić information content (AvgIpc) is 2.17. The molecule has 0 saturated carbocycles. The number of rotatable bonds is 3. The van der Waals surface area contributed by atoms with Gasteiger partial charge in [0, 0.05) is 0 Å². The lowest BCUT2D eigenvalue weighted by molar-refractivity contribution is -0.285. The number of aliphatic hydroxyl groups excluding tert-OH is 4. The minimum Gasteiger partial charge on any atom is -0.387 e. The van der Waals surface area contributed by atoms with Crippen LogP contribution >= 0.6 is 7.82 Å². The fourth-order valence-electron chi connectivity index (χ4n) is 1.24. The molecule has 0 aliphatic carbocycles. The molecule has 1 saturated heterocycles. The molecule has 10 heteroatoms. The number of hydrogen-bond donors (Lipinski definition) is 6. The summed E-state index contributed by atoms with van der Waals surface area (Å²) >= 11 is 0. The monoisotopic (exact) mass is 260 g/mol. The summed E-state index contributed by atoms with van der Waals surface area (Å²) in [5.74, 6) is 0. The number of hydrogen-bond acceptors (Lipinski definition) is 7. The molecule has 0 spiro atoms. The molecule has 1 rings (SSSR count). The van der Waals surface area contributed by atoms with Crippen molar-refractivity contribution in [3.8, 4) is 0 Å². The van der Waals surface area contributed by atoms with Crippen molar-refractivity contribution in [2.75, 3.05) is 6.61 Å². The van der Waals surface area contributed by atoms with Crippen molar-refractivity contribution in [1.82, 2.24) is 0 Å². The topological polar surface area (TPSA) is 157 Å². The zero-order valence-corrected chi connectivity index (χ0v) is 8.84. The van der Waals surface area contributed by atoms with Gasteiger partial charge in [0.2, 0.25) is 0 Å². The van der Waals surface area contributed by atoms with Crippen LogP contribution in [0, 0.1) is 0 Å². The maximum absolute atomic E-state index is 10.4. The smallest absolute Gasteiger partial charge is 0.387 e. The SMILES string of the molecule is O=P(O)(O)OC[C@@H]1O[C@@H](O)[C@@H](O)[C@H](O)[C@H]1O. The van der Waals surface area contributed by atoms with E-state index < -0.39 is 45.1 Å². The van der Waals surface area contributed by atoms with E-state index in [4.69, 9.17) is 20.0 Å². The summed E-state index contributed by atoms with van der Waals surface area (Å²) in [6, 6.07) is 0. The zero-order valence-electron chi connectivity index (χ0n) is 7.95. The van der Waals surface area contributed by atoms with Crippen LogP contribution in [-0.2, 0) is 13.8 Å². The zero-order chi connectivity index (χ0) is 12.5. The molecule has 1 fully saturated rings. The van der Waals surface area contributed by atoms with E-state index in [1.807, 2.05) is 0 Å². The standard InChI is InChI=1S/C6H13O9P/c7-3-2(1-14-16(11,12)13)15-6(10)5(9)4(3)8/h2-10H,1H2,(H2,11,12,13)/t2-,3-,4+,5-,6+/m0/s1. The molecule has 1 aliphatic heterocycles. The molecule has 0 amide bonds. The van der Waals surface area contributed by atoms with Gasteiger partial charge in [-0.15, -0.1) is 0 Å². The fraction of sp³-hybridized carbons (Fsp3) is 1.00. The Morgan fingerprint density at radius 3 is 2.12 bits per heavy atom. The maximum atomic E-state index is 10.4. The van der Waals surface area contributed by atoms with Crippen molar-refractivity contribution < 1.29 is 44.0 Å². The Morgan fingerprint density at radius 2 is 1.62 bits per heavy atom. The van der Waals surface area contributed by atoms with Crippen molar-refractivity contribution in [2.45, 2.75) is 30.7 Å². The minimum atomic E-state index is -4.73. The highest BCUT2D eigenvalue weighted by Gasteiger charge is 2.43. The van der Waals surface area contributed by atoms with Gasteiger partial charge in [-0.25, -0.2) is 4.57 Å². The first kappa shape index (κ1) is 14.0. The number of phosphoric ester groups is 1. The molecule has 96 valence electrons. The van der Waals surface area contributed by atoms with Crippen LogP contribution in [0.15, 0.2) is 0 Å². The van der Waals surface area contributed by atoms with Gasteiger partial charge in [-0.1, -0.05) is 0 Å². The van der Waals surface area contributed by atoms with Crippen molar-refractivity contribution in [3.05, 3.63) is 0 Å². The van der Waals surface area contributed by atoms with Crippen LogP contribution in [0.2, 0.25) is 0 Å². The number of ether oxygens (including phenoxy) is 1. The van der Waals surface area contributed by atoms with E-state index in [1.54, 1.807) is 0 Å². The summed E-state index contributed by atoms with van der Waals surface area (Å²) < 4.78 is 19.0. The number of phosphoric acid groups is 1. The molecule has 0 unspecified atom stereocenters. The molecule has 9 nitrogen and oxygen atoms in total. The lowest BCUT2D eigenvalue weighted by atomic mass is 10.00. The van der Waals surface area contributed by atoms with Crippen LogP contribution in [0.5, 0.6) is 0 Å². The van der Waals surface area contributed by atoms with Crippen LogP contribution in [0.4, 0.5) is 0 Å². The van der Waals surface area contributed by atoms with E-state index in [0.29, 0.717) is 0 Å². The Hall–Kier alpha value is -0.0900. The third-order valence-electron chi connectivity index (χ3n) is 2.09. The number of aliphatic hydroxyl groups is 4. The van der Waals surface area contributed by atoms with Crippen LogP contribution in [0.1, 0.15) is 0 Å². The highest BCUT2D eigenvalue weighted by molar-refractivity contribution is 7.46. The third-order valence-corrected chi connectivity index (χ3v) is 2.58. The molecular weight excluding hydrogens is 247 g/mol. The molecular formula is C6H13O9P. The van der Waals surface area contributed by atoms with E-state index >= 15 is 0 Å². The third kappa shape index (κ3) is 3.45. The van der Waals surface area contributed by atoms with Crippen molar-refractivity contribution in [1.29, 1.82) is 0 Å². The van der Waals surface area contributed by atoms with Crippen molar-refractivity contribution >= 4 is 7.82 Å². The lowest BCUT2D eigenvalue weighted by Crippen LogP contribution is -2.58. The predicted octanol–water partition coefficient (Wildman–Crippen LogP) is -3.10. The van der Waals surface area contributed by atoms with E-state index in [2.05, 4.69) is 9.26 Å². The molecule has 0 bridgehead atoms. The van der Waals surface area contributed by atoms with Gasteiger partial charge in [0.05, 0.1) is 6.61 Å². The van der Waals surface area contributed by atoms with E-state index in [1.165, 1.54) is 0 Å². The molecule has 0 aromatic carbocycles. The molecule has 6 N–H and O–H groups in total. The van der Waals surface area contributed by atoms with Gasteiger partial charge < -0.3 is 34.9 Å². The summed E-state index contributed by atoms with van der Waals surface area (Å²) in [6.07, 6.45) is -8.11. The summed E-state index contributed by atoms with van der Waals surface area (Å²) in [4.78, 5) is 16.8. The Morgan fingerprint density at radius 1 is 1.06 bits per heavy atom. The first-order valence-electron chi connectivity index (χ1n) is 4.30. The second kappa shape index (κ2) is 5.05.